The Morgan fingerprint density at radius 3 is 2.47 bits per heavy atom. The van der Waals surface area contributed by atoms with Gasteiger partial charge in [-0.2, -0.15) is 0 Å². The van der Waals surface area contributed by atoms with Crippen LogP contribution >= 0.6 is 0 Å². The lowest BCUT2D eigenvalue weighted by atomic mass is 10.0. The van der Waals surface area contributed by atoms with Crippen molar-refractivity contribution in [3.05, 3.63) is 0 Å². The van der Waals surface area contributed by atoms with Crippen molar-refractivity contribution in [2.75, 3.05) is 13.2 Å². The van der Waals surface area contributed by atoms with Crippen LogP contribution in [-0.4, -0.2) is 35.3 Å². The lowest BCUT2D eigenvalue weighted by Gasteiger charge is -2.19. The quantitative estimate of drug-likeness (QED) is 0.206. The summed E-state index contributed by atoms with van der Waals surface area (Å²) >= 11 is 0. The second-order valence-electron chi connectivity index (χ2n) is 3.68. The van der Waals surface area contributed by atoms with E-state index in [9.17, 15) is 0 Å². The van der Waals surface area contributed by atoms with E-state index in [1.165, 1.54) is 0 Å². The third-order valence-corrected chi connectivity index (χ3v) is 2.65. The Bertz CT molecular complexity index is 186. The Labute approximate surface area is 91.4 Å². The Kier molecular flexibility index (Phi) is 8.04. The van der Waals surface area contributed by atoms with Crippen LogP contribution in [0.3, 0.4) is 0 Å². The predicted octanol–water partition coefficient (Wildman–Crippen LogP) is 0.510. The smallest absolute Gasteiger partial charge is 0.156 e. The number of nitrogens with zero attached hydrogens (tertiary/aromatic N) is 1. The molecule has 0 aromatic carbocycles. The van der Waals surface area contributed by atoms with Crippen LogP contribution in [0.1, 0.15) is 33.1 Å². The Morgan fingerprint density at radius 2 is 2.07 bits per heavy atom. The number of hydrogen-bond donors (Lipinski definition) is 4. The molecule has 0 aliphatic rings. The molecule has 5 heteroatoms. The molecule has 0 bridgehead atoms. The van der Waals surface area contributed by atoms with Gasteiger partial charge in [-0.15, -0.1) is 0 Å². The first-order valence-electron chi connectivity index (χ1n) is 5.51. The van der Waals surface area contributed by atoms with E-state index in [0.29, 0.717) is 5.92 Å². The van der Waals surface area contributed by atoms with Crippen LogP contribution in [0.5, 0.6) is 0 Å². The van der Waals surface area contributed by atoms with E-state index in [0.717, 1.165) is 25.8 Å². The third-order valence-electron chi connectivity index (χ3n) is 2.65. The Balaban J connectivity index is 3.97. The van der Waals surface area contributed by atoms with E-state index < -0.39 is 0 Å². The molecule has 0 fully saturated rings. The highest BCUT2D eigenvalue weighted by molar-refractivity contribution is 5.85. The first kappa shape index (κ1) is 14.2. The maximum Gasteiger partial charge on any atom is 0.156 e. The molecule has 0 radical (unpaired) electrons. The molecule has 0 aliphatic carbocycles. The van der Waals surface area contributed by atoms with E-state index in [-0.39, 0.29) is 18.5 Å². The Hall–Kier alpha value is -0.810. The maximum atomic E-state index is 8.83. The number of oxime groups is 1. The number of rotatable bonds is 8. The Morgan fingerprint density at radius 1 is 1.40 bits per heavy atom. The molecule has 15 heavy (non-hydrogen) atoms. The van der Waals surface area contributed by atoms with Crippen LogP contribution in [0.2, 0.25) is 0 Å². The number of aliphatic hydroxyl groups is 1. The van der Waals surface area contributed by atoms with Gasteiger partial charge in [-0.25, -0.2) is 0 Å². The number of nitrogens with one attached hydrogen (secondary N) is 1. The van der Waals surface area contributed by atoms with Gasteiger partial charge in [0.15, 0.2) is 5.84 Å². The molecule has 0 spiro atoms. The minimum atomic E-state index is -0.0808. The molecule has 0 aromatic rings. The summed E-state index contributed by atoms with van der Waals surface area (Å²) in [6.45, 7) is 5.06. The second-order valence-corrected chi connectivity index (χ2v) is 3.68. The zero-order chi connectivity index (χ0) is 11.7. The third kappa shape index (κ3) is 5.59. The van der Waals surface area contributed by atoms with Gasteiger partial charge in [-0.05, 0) is 25.3 Å². The summed E-state index contributed by atoms with van der Waals surface area (Å²) in [5, 5.41) is 23.6. The largest absolute Gasteiger partial charge is 0.409 e. The molecule has 90 valence electrons. The summed E-state index contributed by atoms with van der Waals surface area (Å²) in [7, 11) is 0. The van der Waals surface area contributed by atoms with E-state index in [1.54, 1.807) is 0 Å². The number of amidine groups is 1. The summed E-state index contributed by atoms with van der Waals surface area (Å²) in [5.41, 5.74) is 5.52. The van der Waals surface area contributed by atoms with E-state index in [1.807, 2.05) is 6.92 Å². The van der Waals surface area contributed by atoms with Crippen LogP contribution in [0.25, 0.3) is 0 Å². The highest BCUT2D eigenvalue weighted by Gasteiger charge is 2.13. The van der Waals surface area contributed by atoms with Gasteiger partial charge < -0.3 is 21.4 Å². The summed E-state index contributed by atoms with van der Waals surface area (Å²) in [5.74, 6) is 0.659. The number of hydrogen-bond acceptors (Lipinski definition) is 4. The lowest BCUT2D eigenvalue weighted by molar-refractivity contribution is 0.249. The molecule has 0 rings (SSSR count). The molecular weight excluding hydrogens is 194 g/mol. The van der Waals surface area contributed by atoms with Gasteiger partial charge in [0.1, 0.15) is 0 Å². The molecule has 0 heterocycles. The van der Waals surface area contributed by atoms with Crippen molar-refractivity contribution in [1.82, 2.24) is 5.32 Å². The summed E-state index contributed by atoms with van der Waals surface area (Å²) in [4.78, 5) is 0. The van der Waals surface area contributed by atoms with Gasteiger partial charge in [0.25, 0.3) is 0 Å². The lowest BCUT2D eigenvalue weighted by Crippen LogP contribution is -2.43. The van der Waals surface area contributed by atoms with Crippen LogP contribution in [0.15, 0.2) is 5.16 Å². The molecule has 0 amide bonds. The van der Waals surface area contributed by atoms with Crippen LogP contribution in [-0.2, 0) is 0 Å². The van der Waals surface area contributed by atoms with Crippen molar-refractivity contribution in [3.8, 4) is 0 Å². The van der Waals surface area contributed by atoms with Gasteiger partial charge in [-0.3, -0.25) is 0 Å². The van der Waals surface area contributed by atoms with Crippen molar-refractivity contribution >= 4 is 5.84 Å². The fraction of sp³-hybridized carbons (Fsp3) is 0.900. The van der Waals surface area contributed by atoms with Crippen molar-refractivity contribution in [1.29, 1.82) is 0 Å². The molecule has 0 aliphatic heterocycles. The van der Waals surface area contributed by atoms with Gasteiger partial charge >= 0.3 is 0 Å². The summed E-state index contributed by atoms with van der Waals surface area (Å²) in [6, 6.07) is -0.0808. The highest BCUT2D eigenvalue weighted by Crippen LogP contribution is 2.06. The molecule has 2 unspecified atom stereocenters. The van der Waals surface area contributed by atoms with E-state index in [4.69, 9.17) is 16.0 Å². The molecule has 5 nitrogen and oxygen atoms in total. The van der Waals surface area contributed by atoms with Crippen LogP contribution < -0.4 is 11.1 Å². The molecule has 2 atom stereocenters. The minimum Gasteiger partial charge on any atom is -0.409 e. The second kappa shape index (κ2) is 8.49. The normalized spacial score (nSPS) is 16.3. The fourth-order valence-corrected chi connectivity index (χ4v) is 1.47. The van der Waals surface area contributed by atoms with E-state index >= 15 is 0 Å². The van der Waals surface area contributed by atoms with Crippen LogP contribution in [0, 0.1) is 5.92 Å². The van der Waals surface area contributed by atoms with Gasteiger partial charge in [-0.1, -0.05) is 25.4 Å². The zero-order valence-corrected chi connectivity index (χ0v) is 9.61. The van der Waals surface area contributed by atoms with Gasteiger partial charge in [0.2, 0.25) is 0 Å². The SMILES string of the molecule is CCC(CCO)CNC(CC)C(N)=NO. The molecule has 0 aromatic heterocycles. The summed E-state index contributed by atoms with van der Waals surface area (Å²) in [6.07, 6.45) is 2.59. The van der Waals surface area contributed by atoms with Crippen molar-refractivity contribution in [3.63, 3.8) is 0 Å². The van der Waals surface area contributed by atoms with Crippen molar-refractivity contribution in [2.45, 2.75) is 39.2 Å². The molecular formula is C10H23N3O2. The maximum absolute atomic E-state index is 8.83. The molecule has 0 saturated carbocycles. The zero-order valence-electron chi connectivity index (χ0n) is 9.61. The highest BCUT2D eigenvalue weighted by atomic mass is 16.4. The summed E-state index contributed by atoms with van der Waals surface area (Å²) < 4.78 is 0. The topological polar surface area (TPSA) is 90.9 Å². The fourth-order valence-electron chi connectivity index (χ4n) is 1.47. The van der Waals surface area contributed by atoms with Gasteiger partial charge in [0.05, 0.1) is 6.04 Å². The molecule has 0 saturated heterocycles. The van der Waals surface area contributed by atoms with E-state index in [2.05, 4.69) is 17.4 Å². The minimum absolute atomic E-state index is 0.0808. The standard InChI is InChI=1S/C10H23N3O2/c1-3-8(5-6-14)7-12-9(4-2)10(11)13-15/h8-9,12,14-15H,3-7H2,1-2H3,(H2,11,13). The van der Waals surface area contributed by atoms with Crippen molar-refractivity contribution < 1.29 is 10.3 Å². The van der Waals surface area contributed by atoms with Crippen LogP contribution in [0.4, 0.5) is 0 Å². The first-order valence-corrected chi connectivity index (χ1v) is 5.51. The monoisotopic (exact) mass is 217 g/mol. The first-order chi connectivity index (χ1) is 7.19. The predicted molar refractivity (Wildman–Crippen MR) is 61.0 cm³/mol. The molecule has 5 N–H and O–H groups in total. The average Bonchev–Trinajstić information content (AvgIpc) is 2.27. The average molecular weight is 217 g/mol. The number of nitrogens with two attached hydrogens (primary N) is 1. The number of aliphatic hydroxyl groups excluding tert-OH is 1. The van der Waals surface area contributed by atoms with Gasteiger partial charge in [0, 0.05) is 6.61 Å². The van der Waals surface area contributed by atoms with Crippen molar-refractivity contribution in [2.24, 2.45) is 16.8 Å².